The Bertz CT molecular complexity index is 1430. The van der Waals surface area contributed by atoms with Crippen molar-refractivity contribution < 1.29 is 15.4 Å². The third-order valence-corrected chi connectivity index (χ3v) is 8.94. The molecule has 0 radical (unpaired) electrons. The van der Waals surface area contributed by atoms with Gasteiger partial charge in [-0.05, 0) is 0 Å². The Hall–Kier alpha value is -3.33. The van der Waals surface area contributed by atoms with Crippen LogP contribution in [0.5, 0.6) is 11.5 Å². The standard InChI is InChI=1S/2C10H9NO.C6H6O2S.Ga/c2*1-7-5-6-8-3-2-4-9(12)10(8)11-7;1-4-2-3-5(9-4)6(7)8;/h2*2-6,12H,1H3;2-3H,1H3,(H,7,8);/q;;;+3/p-3. The Kier molecular flexibility index (Phi) is 6.27. The predicted octanol–water partition coefficient (Wildman–Crippen LogP) is 6.07. The van der Waals surface area contributed by atoms with E-state index < -0.39 is 23.3 Å². The second-order valence-electron chi connectivity index (χ2n) is 7.90. The molecule has 0 saturated heterocycles. The summed E-state index contributed by atoms with van der Waals surface area (Å²) in [6, 6.07) is 22.9. The first kappa shape index (κ1) is 22.5. The van der Waals surface area contributed by atoms with Gasteiger partial charge in [-0.2, -0.15) is 0 Å². The summed E-state index contributed by atoms with van der Waals surface area (Å²) in [5, 5.41) is 1.87. The number of pyridine rings is 2. The van der Waals surface area contributed by atoms with Gasteiger partial charge in [-0.1, -0.05) is 0 Å². The van der Waals surface area contributed by atoms with E-state index in [4.69, 9.17) is 10.6 Å². The molecule has 5 aromatic rings. The number of hydrogen-bond donors (Lipinski definition) is 0. The number of aryl methyl sites for hydroxylation is 3. The van der Waals surface area contributed by atoms with Crippen LogP contribution < -0.4 is 7.06 Å². The van der Waals surface area contributed by atoms with Gasteiger partial charge in [0, 0.05) is 0 Å². The van der Waals surface area contributed by atoms with Gasteiger partial charge in [0.25, 0.3) is 0 Å². The van der Waals surface area contributed by atoms with E-state index in [9.17, 15) is 4.79 Å². The van der Waals surface area contributed by atoms with Crippen molar-refractivity contribution in [2.45, 2.75) is 20.8 Å². The number of hydrogen-bond acceptors (Lipinski definition) is 7. The molecular formula is C26H21GaN2O4S. The third-order valence-electron chi connectivity index (χ3n) is 5.24. The average molecular weight is 527 g/mol. The Balaban J connectivity index is 1.52. The first-order valence-electron chi connectivity index (χ1n) is 10.8. The van der Waals surface area contributed by atoms with E-state index >= 15 is 0 Å². The maximum absolute atomic E-state index is 12.9. The predicted molar refractivity (Wildman–Crippen MR) is 134 cm³/mol. The van der Waals surface area contributed by atoms with E-state index in [0.717, 1.165) is 27.0 Å². The van der Waals surface area contributed by atoms with Gasteiger partial charge in [-0.25, -0.2) is 0 Å². The van der Waals surface area contributed by atoms with Gasteiger partial charge in [-0.3, -0.25) is 0 Å². The summed E-state index contributed by atoms with van der Waals surface area (Å²) in [6.45, 7) is 5.80. The summed E-state index contributed by atoms with van der Waals surface area (Å²) in [6.07, 6.45) is 0. The van der Waals surface area contributed by atoms with Crippen LogP contribution in [0.2, 0.25) is 0 Å². The molecule has 5 rings (SSSR count). The van der Waals surface area contributed by atoms with Gasteiger partial charge in [0.1, 0.15) is 0 Å². The summed E-state index contributed by atoms with van der Waals surface area (Å²) < 4.78 is 18.5. The van der Waals surface area contributed by atoms with Crippen molar-refractivity contribution in [3.63, 3.8) is 0 Å². The van der Waals surface area contributed by atoms with E-state index in [0.29, 0.717) is 27.4 Å². The number of carbonyl (C=O) groups is 1. The number of aromatic nitrogens is 2. The molecule has 2 aromatic carbocycles. The number of thiophene rings is 1. The van der Waals surface area contributed by atoms with Gasteiger partial charge < -0.3 is 0 Å². The normalized spacial score (nSPS) is 10.9. The second kappa shape index (κ2) is 9.50. The fourth-order valence-corrected chi connectivity index (χ4v) is 7.13. The van der Waals surface area contributed by atoms with Crippen LogP contribution in [0.4, 0.5) is 0 Å². The molecular weight excluding hydrogens is 506 g/mol. The maximum atomic E-state index is 12.9. The summed E-state index contributed by atoms with van der Waals surface area (Å²) in [4.78, 5) is 23.7. The number of carbonyl (C=O) groups excluding carboxylic acids is 1. The fourth-order valence-electron chi connectivity index (χ4n) is 3.59. The van der Waals surface area contributed by atoms with Crippen molar-refractivity contribution in [1.82, 2.24) is 9.97 Å². The van der Waals surface area contributed by atoms with E-state index in [-0.39, 0.29) is 0 Å². The molecule has 3 aromatic heterocycles. The van der Waals surface area contributed by atoms with Crippen molar-refractivity contribution in [3.8, 4) is 11.5 Å². The van der Waals surface area contributed by atoms with Crippen LogP contribution in [0.15, 0.2) is 72.8 Å². The molecule has 168 valence electrons. The van der Waals surface area contributed by atoms with Gasteiger partial charge in [0.05, 0.1) is 0 Å². The van der Waals surface area contributed by atoms with Crippen molar-refractivity contribution >= 4 is 56.4 Å². The van der Waals surface area contributed by atoms with E-state index in [1.54, 1.807) is 6.07 Å². The summed E-state index contributed by atoms with van der Waals surface area (Å²) in [5.41, 5.74) is 3.15. The minimum absolute atomic E-state index is 0.447. The van der Waals surface area contributed by atoms with Crippen LogP contribution in [-0.2, 0) is 3.53 Å². The molecule has 0 aliphatic rings. The summed E-state index contributed by atoms with van der Waals surface area (Å²) in [5.74, 6) is 0.619. The summed E-state index contributed by atoms with van der Waals surface area (Å²) >= 11 is -2.30. The van der Waals surface area contributed by atoms with Crippen molar-refractivity contribution in [2.24, 2.45) is 0 Å². The van der Waals surface area contributed by atoms with Crippen LogP contribution in [0, 0.1) is 20.8 Å². The molecule has 0 aliphatic carbocycles. The first-order chi connectivity index (χ1) is 16.5. The van der Waals surface area contributed by atoms with Crippen LogP contribution >= 0.6 is 11.3 Å². The minimum atomic E-state index is -3.68. The van der Waals surface area contributed by atoms with Crippen molar-refractivity contribution in [1.29, 1.82) is 0 Å². The molecule has 34 heavy (non-hydrogen) atoms. The average Bonchev–Trinajstić information content (AvgIpc) is 3.26. The third kappa shape index (κ3) is 4.79. The zero-order valence-electron chi connectivity index (χ0n) is 18.9. The second-order valence-corrected chi connectivity index (χ2v) is 11.9. The molecule has 0 aliphatic heterocycles. The van der Waals surface area contributed by atoms with Crippen LogP contribution in [0.25, 0.3) is 21.8 Å². The van der Waals surface area contributed by atoms with Crippen LogP contribution in [0.3, 0.4) is 0 Å². The zero-order chi connectivity index (χ0) is 23.7. The number of nitrogens with zero attached hydrogens (tertiary/aromatic N) is 2. The Morgan fingerprint density at radius 1 is 0.735 bits per heavy atom. The first-order valence-corrected chi connectivity index (χ1v) is 14.6. The molecule has 0 bridgehead atoms. The zero-order valence-corrected chi connectivity index (χ0v) is 22.2. The van der Waals surface area contributed by atoms with Gasteiger partial charge in [-0.15, -0.1) is 0 Å². The summed E-state index contributed by atoms with van der Waals surface area (Å²) in [7, 11) is 0. The topological polar surface area (TPSA) is 70.5 Å². The molecule has 8 heteroatoms. The molecule has 0 spiro atoms. The molecule has 3 heterocycles. The molecule has 0 amide bonds. The van der Waals surface area contributed by atoms with Crippen LogP contribution in [0.1, 0.15) is 25.9 Å². The van der Waals surface area contributed by atoms with Gasteiger partial charge >= 0.3 is 208 Å². The number of rotatable bonds is 6. The fraction of sp³-hybridized carbons (Fsp3) is 0.115. The Morgan fingerprint density at radius 2 is 1.29 bits per heavy atom. The van der Waals surface area contributed by atoms with Crippen molar-refractivity contribution in [3.05, 3.63) is 93.9 Å². The molecule has 0 unspecified atom stereocenters. The van der Waals surface area contributed by atoms with Gasteiger partial charge in [0.15, 0.2) is 0 Å². The SMILES string of the molecule is Cc1ccc2cccc([O][Ga]([O]C(=O)c3ccc(C)s3)[O]c3cccc4ccc(C)nc34)c2n1. The number of benzene rings is 2. The van der Waals surface area contributed by atoms with Crippen molar-refractivity contribution in [2.75, 3.05) is 0 Å². The van der Waals surface area contributed by atoms with E-state index in [2.05, 4.69) is 9.97 Å². The molecule has 0 N–H and O–H groups in total. The van der Waals surface area contributed by atoms with Crippen LogP contribution in [-0.4, -0.2) is 33.2 Å². The van der Waals surface area contributed by atoms with E-state index in [1.165, 1.54) is 11.3 Å². The Morgan fingerprint density at radius 3 is 1.79 bits per heavy atom. The number of fused-ring (bicyclic) bond motifs is 2. The quantitative estimate of drug-likeness (QED) is 0.250. The molecule has 0 atom stereocenters. The van der Waals surface area contributed by atoms with E-state index in [1.807, 2.05) is 87.5 Å². The molecule has 0 fully saturated rings. The van der Waals surface area contributed by atoms with Gasteiger partial charge in [0.2, 0.25) is 0 Å². The molecule has 0 saturated carbocycles. The Labute approximate surface area is 207 Å². The monoisotopic (exact) mass is 526 g/mol. The number of para-hydroxylation sites is 2. The molecule has 6 nitrogen and oxygen atoms in total.